The fraction of sp³-hybridized carbons (Fsp3) is 0.600. The molecule has 21 heavy (non-hydrogen) atoms. The maximum absolute atomic E-state index is 11.1. The molecule has 0 fully saturated rings. The van der Waals surface area contributed by atoms with E-state index in [9.17, 15) is 19.2 Å². The summed E-state index contributed by atoms with van der Waals surface area (Å²) < 4.78 is 25.0. The van der Waals surface area contributed by atoms with E-state index in [0.29, 0.717) is 0 Å². The van der Waals surface area contributed by atoms with Gasteiger partial charge in [-0.2, -0.15) is 0 Å². The van der Waals surface area contributed by atoms with E-state index in [4.69, 9.17) is 21.8 Å². The highest BCUT2D eigenvalue weighted by Crippen LogP contribution is 2.20. The van der Waals surface area contributed by atoms with E-state index in [1.807, 2.05) is 0 Å². The van der Waals surface area contributed by atoms with Crippen molar-refractivity contribution in [2.45, 2.75) is 40.8 Å². The number of hydrogen-bond acceptors (Lipinski definition) is 9. The molecular formula is C10H18O9Si2. The highest BCUT2D eigenvalue weighted by atomic mass is 28.5. The minimum Gasteiger partial charge on any atom is -0.465 e. The molecule has 0 amide bonds. The van der Waals surface area contributed by atoms with Crippen molar-refractivity contribution in [3.63, 3.8) is 0 Å². The lowest BCUT2D eigenvalue weighted by Crippen LogP contribution is -2.57. The molecule has 0 aliphatic rings. The molecular weight excluding hydrogens is 320 g/mol. The topological polar surface area (TPSA) is 114 Å². The zero-order valence-corrected chi connectivity index (χ0v) is 14.7. The molecule has 0 spiro atoms. The second-order valence-electron chi connectivity index (χ2n) is 4.20. The number of rotatable bonds is 6. The zero-order chi connectivity index (χ0) is 16.8. The van der Waals surface area contributed by atoms with Gasteiger partial charge in [0.15, 0.2) is 0 Å². The molecule has 0 bridgehead atoms. The van der Waals surface area contributed by atoms with Crippen LogP contribution < -0.4 is 0 Å². The molecule has 11 heteroatoms. The predicted octanol–water partition coefficient (Wildman–Crippen LogP) is 0.393. The van der Waals surface area contributed by atoms with Crippen molar-refractivity contribution in [2.24, 2.45) is 0 Å². The molecule has 120 valence electrons. The van der Waals surface area contributed by atoms with Crippen LogP contribution in [0.25, 0.3) is 0 Å². The molecule has 0 aliphatic carbocycles. The average Bonchev–Trinajstić information content (AvgIpc) is 2.07. The van der Waals surface area contributed by atoms with E-state index in [2.05, 4.69) is 0 Å². The van der Waals surface area contributed by atoms with E-state index in [1.165, 1.54) is 13.1 Å². The normalized spacial score (nSPS) is 11.3. The van der Waals surface area contributed by atoms with Crippen LogP contribution in [-0.2, 0) is 41.0 Å². The van der Waals surface area contributed by atoms with Crippen LogP contribution in [-0.4, -0.2) is 41.5 Å². The summed E-state index contributed by atoms with van der Waals surface area (Å²) in [5.74, 6) is -3.03. The van der Waals surface area contributed by atoms with Crippen LogP contribution in [0.3, 0.4) is 0 Å². The third kappa shape index (κ3) is 8.21. The quantitative estimate of drug-likeness (QED) is 0.634. The average molecular weight is 338 g/mol. The lowest BCUT2D eigenvalue weighted by molar-refractivity contribution is -0.143. The highest BCUT2D eigenvalue weighted by molar-refractivity contribution is 6.76. The Bertz CT molecular complexity index is 376. The summed E-state index contributed by atoms with van der Waals surface area (Å²) in [4.78, 5) is 44.4. The summed E-state index contributed by atoms with van der Waals surface area (Å²) in [7, 11) is -7.67. The molecule has 0 aromatic carbocycles. The van der Waals surface area contributed by atoms with E-state index in [0.717, 1.165) is 27.7 Å². The maximum atomic E-state index is 11.1. The van der Waals surface area contributed by atoms with E-state index >= 15 is 0 Å². The molecule has 0 rings (SSSR count). The Morgan fingerprint density at radius 3 is 0.905 bits per heavy atom. The monoisotopic (exact) mass is 338 g/mol. The fourth-order valence-electron chi connectivity index (χ4n) is 1.51. The van der Waals surface area contributed by atoms with E-state index < -0.39 is 41.5 Å². The summed E-state index contributed by atoms with van der Waals surface area (Å²) in [6.07, 6.45) is 0. The number of carbonyl (C=O) groups is 4. The van der Waals surface area contributed by atoms with E-state index in [-0.39, 0.29) is 0 Å². The van der Waals surface area contributed by atoms with Gasteiger partial charge in [-0.1, -0.05) is 0 Å². The molecule has 0 unspecified atom stereocenters. The minimum absolute atomic E-state index is 0.757. The van der Waals surface area contributed by atoms with Gasteiger partial charge in [0.2, 0.25) is 0 Å². The van der Waals surface area contributed by atoms with Crippen molar-refractivity contribution >= 4 is 41.5 Å². The molecule has 0 aromatic heterocycles. The first-order valence-electron chi connectivity index (χ1n) is 5.86. The third-order valence-electron chi connectivity index (χ3n) is 1.69. The molecule has 0 saturated heterocycles. The number of hydrogen-bond donors (Lipinski definition) is 0. The van der Waals surface area contributed by atoms with Crippen molar-refractivity contribution < 1.29 is 41.0 Å². The van der Waals surface area contributed by atoms with Gasteiger partial charge >= 0.3 is 17.6 Å². The Morgan fingerprint density at radius 1 is 0.571 bits per heavy atom. The van der Waals surface area contributed by atoms with Crippen LogP contribution in [0.5, 0.6) is 0 Å². The maximum Gasteiger partial charge on any atom is 0.626 e. The summed E-state index contributed by atoms with van der Waals surface area (Å²) in [6.45, 7) is 6.86. The molecule has 0 atom stereocenters. The van der Waals surface area contributed by atoms with Gasteiger partial charge in [-0.25, -0.2) is 0 Å². The smallest absolute Gasteiger partial charge is 0.465 e. The van der Waals surface area contributed by atoms with Crippen molar-refractivity contribution in [1.82, 2.24) is 0 Å². The largest absolute Gasteiger partial charge is 0.626 e. The molecule has 0 aliphatic heterocycles. The summed E-state index contributed by atoms with van der Waals surface area (Å²) in [6, 6.07) is 0. The highest BCUT2D eigenvalue weighted by Gasteiger charge is 2.56. The van der Waals surface area contributed by atoms with Gasteiger partial charge in [0.05, 0.1) is 0 Å². The Hall–Kier alpha value is -1.73. The van der Waals surface area contributed by atoms with Gasteiger partial charge in [-0.05, 0) is 0 Å². The van der Waals surface area contributed by atoms with Crippen molar-refractivity contribution in [3.05, 3.63) is 0 Å². The van der Waals surface area contributed by atoms with Crippen molar-refractivity contribution in [2.75, 3.05) is 0 Å². The summed E-state index contributed by atoms with van der Waals surface area (Å²) >= 11 is 0. The second-order valence-corrected chi connectivity index (χ2v) is 9.28. The van der Waals surface area contributed by atoms with Gasteiger partial charge in [0.1, 0.15) is 0 Å². The van der Waals surface area contributed by atoms with Gasteiger partial charge in [0, 0.05) is 40.8 Å². The third-order valence-corrected chi connectivity index (χ3v) is 7.29. The first kappa shape index (κ1) is 19.3. The lowest BCUT2D eigenvalue weighted by Gasteiger charge is -2.31. The second kappa shape index (κ2) is 7.33. The Morgan fingerprint density at radius 2 is 0.762 bits per heavy atom. The van der Waals surface area contributed by atoms with Gasteiger partial charge < -0.3 is 21.8 Å². The molecule has 0 heterocycles. The standard InChI is InChI=1S/C10H18O9Si2/c1-7(11)15-20(5,16-8(2)12)19-21(6,17-9(3)13)18-10(4)14/h1-6H3. The van der Waals surface area contributed by atoms with Crippen molar-refractivity contribution in [1.29, 1.82) is 0 Å². The Kier molecular flexibility index (Phi) is 6.73. The fourth-order valence-corrected chi connectivity index (χ4v) is 7.04. The van der Waals surface area contributed by atoms with Crippen LogP contribution in [0, 0.1) is 0 Å². The predicted molar refractivity (Wildman–Crippen MR) is 71.4 cm³/mol. The number of carbonyl (C=O) groups excluding carboxylic acids is 4. The molecule has 0 radical (unpaired) electrons. The first-order valence-corrected chi connectivity index (χ1v) is 10.3. The molecule has 0 N–H and O–H groups in total. The van der Waals surface area contributed by atoms with Gasteiger partial charge in [0.25, 0.3) is 23.9 Å². The van der Waals surface area contributed by atoms with Crippen molar-refractivity contribution in [3.8, 4) is 0 Å². The summed E-state index contributed by atoms with van der Waals surface area (Å²) in [5.41, 5.74) is 0. The first-order chi connectivity index (χ1) is 9.37. The Labute approximate surface area is 124 Å². The van der Waals surface area contributed by atoms with Crippen LogP contribution in [0.15, 0.2) is 0 Å². The van der Waals surface area contributed by atoms with Gasteiger partial charge in [-0.3, -0.25) is 19.2 Å². The Balaban J connectivity index is 5.36. The van der Waals surface area contributed by atoms with Crippen LogP contribution >= 0.6 is 0 Å². The minimum atomic E-state index is -3.84. The van der Waals surface area contributed by atoms with E-state index in [1.54, 1.807) is 0 Å². The van der Waals surface area contributed by atoms with Crippen LogP contribution in [0.4, 0.5) is 0 Å². The van der Waals surface area contributed by atoms with Gasteiger partial charge in [-0.15, -0.1) is 0 Å². The zero-order valence-electron chi connectivity index (χ0n) is 12.7. The molecule has 0 saturated carbocycles. The molecule has 9 nitrogen and oxygen atoms in total. The lowest BCUT2D eigenvalue weighted by atomic mass is 10.9. The van der Waals surface area contributed by atoms with Crippen LogP contribution in [0.2, 0.25) is 13.1 Å². The van der Waals surface area contributed by atoms with Crippen LogP contribution in [0.1, 0.15) is 27.7 Å². The summed E-state index contributed by atoms with van der Waals surface area (Å²) in [5, 5.41) is 0. The SMILES string of the molecule is CC(=O)O[Si](C)(OC(C)=O)O[Si](C)(OC(C)=O)OC(C)=O. The molecule has 0 aromatic rings.